The van der Waals surface area contributed by atoms with Gasteiger partial charge >= 0.3 is 0 Å². The third-order valence-corrected chi connectivity index (χ3v) is 2.78. The molecular formula is C12H18N4O4. The van der Waals surface area contributed by atoms with Crippen LogP contribution in [0.15, 0.2) is 23.4 Å². The summed E-state index contributed by atoms with van der Waals surface area (Å²) in [7, 11) is 0. The van der Waals surface area contributed by atoms with Crippen LogP contribution >= 0.6 is 0 Å². The molecule has 0 heterocycles. The number of nitro benzene ring substituents is 1. The lowest BCUT2D eigenvalue weighted by molar-refractivity contribution is -0.384. The molecule has 0 saturated heterocycles. The summed E-state index contributed by atoms with van der Waals surface area (Å²) in [5.41, 5.74) is 6.29. The Kier molecular flexibility index (Phi) is 5.73. The van der Waals surface area contributed by atoms with Crippen molar-refractivity contribution in [3.05, 3.63) is 33.9 Å². The second kappa shape index (κ2) is 7.29. The van der Waals surface area contributed by atoms with E-state index in [0.29, 0.717) is 18.8 Å². The number of aliphatic hydroxyl groups is 1. The zero-order valence-corrected chi connectivity index (χ0v) is 11.2. The summed E-state index contributed by atoms with van der Waals surface area (Å²) < 4.78 is 0. The Balaban J connectivity index is 3.32. The predicted octanol–water partition coefficient (Wildman–Crippen LogP) is 0.898. The van der Waals surface area contributed by atoms with Gasteiger partial charge in [0, 0.05) is 30.9 Å². The summed E-state index contributed by atoms with van der Waals surface area (Å²) in [5, 5.41) is 31.6. The van der Waals surface area contributed by atoms with Crippen LogP contribution in [0.2, 0.25) is 0 Å². The average molecular weight is 282 g/mol. The number of amidine groups is 1. The van der Waals surface area contributed by atoms with E-state index in [4.69, 9.17) is 16.0 Å². The molecule has 0 aliphatic carbocycles. The Bertz CT molecular complexity index is 498. The molecule has 0 amide bonds. The fourth-order valence-electron chi connectivity index (χ4n) is 1.92. The fourth-order valence-corrected chi connectivity index (χ4v) is 1.92. The molecule has 0 unspecified atom stereocenters. The van der Waals surface area contributed by atoms with E-state index in [1.54, 1.807) is 0 Å². The van der Waals surface area contributed by atoms with Gasteiger partial charge < -0.3 is 20.9 Å². The molecule has 0 fully saturated rings. The van der Waals surface area contributed by atoms with Gasteiger partial charge in [0.05, 0.1) is 17.1 Å². The molecule has 1 aromatic rings. The van der Waals surface area contributed by atoms with Crippen molar-refractivity contribution in [3.8, 4) is 0 Å². The topological polar surface area (TPSA) is 125 Å². The first kappa shape index (κ1) is 15.7. The van der Waals surface area contributed by atoms with Crippen LogP contribution in [0.4, 0.5) is 11.4 Å². The lowest BCUT2D eigenvalue weighted by Crippen LogP contribution is -2.30. The molecule has 0 aliphatic rings. The van der Waals surface area contributed by atoms with E-state index in [9.17, 15) is 10.1 Å². The Morgan fingerprint density at radius 1 is 1.50 bits per heavy atom. The number of benzene rings is 1. The average Bonchev–Trinajstić information content (AvgIpc) is 2.45. The van der Waals surface area contributed by atoms with Gasteiger partial charge in [0.2, 0.25) is 0 Å². The van der Waals surface area contributed by atoms with Gasteiger partial charge in [-0.2, -0.15) is 0 Å². The lowest BCUT2D eigenvalue weighted by Gasteiger charge is -2.25. The van der Waals surface area contributed by atoms with Crippen LogP contribution in [0.3, 0.4) is 0 Å². The van der Waals surface area contributed by atoms with Crippen LogP contribution in [0, 0.1) is 10.1 Å². The molecule has 8 nitrogen and oxygen atoms in total. The summed E-state index contributed by atoms with van der Waals surface area (Å²) in [6, 6.07) is 4.14. The number of hydrogen-bond donors (Lipinski definition) is 3. The third-order valence-electron chi connectivity index (χ3n) is 2.78. The molecule has 0 aliphatic heterocycles. The van der Waals surface area contributed by atoms with E-state index in [1.165, 1.54) is 18.2 Å². The van der Waals surface area contributed by atoms with E-state index >= 15 is 0 Å². The quantitative estimate of drug-likeness (QED) is 0.224. The molecule has 8 heteroatoms. The maximum atomic E-state index is 10.8. The number of hydrogen-bond acceptors (Lipinski definition) is 6. The van der Waals surface area contributed by atoms with Gasteiger partial charge in [0.1, 0.15) is 0 Å². The number of nitro groups is 1. The van der Waals surface area contributed by atoms with E-state index in [-0.39, 0.29) is 23.7 Å². The number of nitrogens with two attached hydrogens (primary N) is 1. The predicted molar refractivity (Wildman–Crippen MR) is 75.2 cm³/mol. The van der Waals surface area contributed by atoms with Gasteiger partial charge in [-0.3, -0.25) is 10.1 Å². The van der Waals surface area contributed by atoms with Crippen LogP contribution in [0.25, 0.3) is 0 Å². The normalized spacial score (nSPS) is 11.4. The number of nitrogens with zero attached hydrogens (tertiary/aromatic N) is 3. The van der Waals surface area contributed by atoms with Gasteiger partial charge in [-0.15, -0.1) is 0 Å². The van der Waals surface area contributed by atoms with Crippen molar-refractivity contribution in [2.75, 3.05) is 24.6 Å². The minimum atomic E-state index is -0.547. The largest absolute Gasteiger partial charge is 0.409 e. The second-order valence-electron chi connectivity index (χ2n) is 4.15. The molecule has 0 radical (unpaired) electrons. The monoisotopic (exact) mass is 282 g/mol. The minimum Gasteiger partial charge on any atom is -0.409 e. The number of oxime groups is 1. The van der Waals surface area contributed by atoms with Crippen molar-refractivity contribution in [2.24, 2.45) is 10.9 Å². The number of aliphatic hydroxyl groups excluding tert-OH is 1. The standard InChI is InChI=1S/C12H18N4O4/c1-2-5-15(6-7-17)11-4-3-9(16(19)20)8-10(11)12(13)14-18/h3-4,8,17-18H,2,5-7H2,1H3,(H2,13,14). The Hall–Kier alpha value is -2.35. The van der Waals surface area contributed by atoms with Crippen molar-refractivity contribution < 1.29 is 15.2 Å². The summed E-state index contributed by atoms with van der Waals surface area (Å²) in [6.45, 7) is 2.91. The van der Waals surface area contributed by atoms with E-state index in [2.05, 4.69) is 5.16 Å². The minimum absolute atomic E-state index is 0.0629. The van der Waals surface area contributed by atoms with Crippen LogP contribution < -0.4 is 10.6 Å². The molecule has 0 saturated carbocycles. The molecule has 1 rings (SSSR count). The molecular weight excluding hydrogens is 264 g/mol. The number of rotatable bonds is 7. The van der Waals surface area contributed by atoms with Crippen LogP contribution in [0.1, 0.15) is 18.9 Å². The molecule has 20 heavy (non-hydrogen) atoms. The van der Waals surface area contributed by atoms with E-state index < -0.39 is 4.92 Å². The van der Waals surface area contributed by atoms with Crippen LogP contribution in [-0.4, -0.2) is 40.8 Å². The van der Waals surface area contributed by atoms with Crippen molar-refractivity contribution in [3.63, 3.8) is 0 Å². The molecule has 1 aromatic carbocycles. The van der Waals surface area contributed by atoms with Gasteiger partial charge in [-0.25, -0.2) is 0 Å². The van der Waals surface area contributed by atoms with Gasteiger partial charge in [0.25, 0.3) is 5.69 Å². The molecule has 4 N–H and O–H groups in total. The maximum Gasteiger partial charge on any atom is 0.270 e. The summed E-state index contributed by atoms with van der Waals surface area (Å²) in [6.07, 6.45) is 0.826. The van der Waals surface area contributed by atoms with Crippen molar-refractivity contribution in [1.82, 2.24) is 0 Å². The molecule has 0 aromatic heterocycles. The highest BCUT2D eigenvalue weighted by Gasteiger charge is 2.17. The Morgan fingerprint density at radius 3 is 2.70 bits per heavy atom. The Morgan fingerprint density at radius 2 is 2.20 bits per heavy atom. The third kappa shape index (κ3) is 3.58. The second-order valence-corrected chi connectivity index (χ2v) is 4.15. The summed E-state index contributed by atoms with van der Waals surface area (Å²) >= 11 is 0. The first-order chi connectivity index (χ1) is 9.54. The van der Waals surface area contributed by atoms with Gasteiger partial charge in [-0.05, 0) is 12.5 Å². The zero-order valence-electron chi connectivity index (χ0n) is 11.2. The van der Waals surface area contributed by atoms with E-state index in [0.717, 1.165) is 6.42 Å². The summed E-state index contributed by atoms with van der Waals surface area (Å²) in [4.78, 5) is 12.1. The smallest absolute Gasteiger partial charge is 0.270 e. The van der Waals surface area contributed by atoms with Crippen molar-refractivity contribution in [2.45, 2.75) is 13.3 Å². The fraction of sp³-hybridized carbons (Fsp3) is 0.417. The van der Waals surface area contributed by atoms with Crippen LogP contribution in [0.5, 0.6) is 0 Å². The molecule has 0 bridgehead atoms. The SMILES string of the molecule is CCCN(CCO)c1ccc([N+](=O)[O-])cc1C(N)=NO. The highest BCUT2D eigenvalue weighted by Crippen LogP contribution is 2.25. The first-order valence-electron chi connectivity index (χ1n) is 6.17. The first-order valence-corrected chi connectivity index (χ1v) is 6.17. The highest BCUT2D eigenvalue weighted by molar-refractivity contribution is 6.02. The van der Waals surface area contributed by atoms with Crippen LogP contribution in [-0.2, 0) is 0 Å². The molecule has 0 atom stereocenters. The Labute approximate surface area is 116 Å². The maximum absolute atomic E-state index is 10.8. The molecule has 0 spiro atoms. The number of anilines is 1. The highest BCUT2D eigenvalue weighted by atomic mass is 16.6. The lowest BCUT2D eigenvalue weighted by atomic mass is 10.1. The van der Waals surface area contributed by atoms with Gasteiger partial charge in [-0.1, -0.05) is 12.1 Å². The van der Waals surface area contributed by atoms with Crippen molar-refractivity contribution in [1.29, 1.82) is 0 Å². The zero-order chi connectivity index (χ0) is 15.1. The number of non-ortho nitro benzene ring substituents is 1. The van der Waals surface area contributed by atoms with Gasteiger partial charge in [0.15, 0.2) is 5.84 Å². The van der Waals surface area contributed by atoms with Crippen molar-refractivity contribution >= 4 is 17.2 Å². The summed E-state index contributed by atoms with van der Waals surface area (Å²) in [5.74, 6) is -0.206. The van der Waals surface area contributed by atoms with E-state index in [1.807, 2.05) is 11.8 Å². The molecule has 110 valence electrons.